The number of amides is 2. The number of imidazole rings is 1. The number of fused-ring (bicyclic) bond motifs is 4. The molecule has 2 amide bonds. The fourth-order valence-electron chi connectivity index (χ4n) is 7.49. The number of nitrogens with zero attached hydrogens (tertiary/aromatic N) is 9. The molecular weight excluding hydrogens is 783 g/mol. The molecule has 0 bridgehead atoms. The smallest absolute Gasteiger partial charge is 0.248 e. The molecule has 318 valence electrons. The number of primary amides is 2. The van der Waals surface area contributed by atoms with E-state index >= 15 is 0 Å². The SMILES string of the molecule is CCn1nc(C)cc1C(=O)Cc1nc2cc(C(N)=O)cc(OCCO)c2n1C/C=C/Cn1c2nc(-c3cc(C)nn3CC)ncc2c2cc(C(N)=O)cc(OCCCOC)c21. The lowest BCUT2D eigenvalue weighted by Gasteiger charge is -2.13. The lowest BCUT2D eigenvalue weighted by Crippen LogP contribution is -2.15. The largest absolute Gasteiger partial charge is 0.491 e. The molecule has 61 heavy (non-hydrogen) atoms. The van der Waals surface area contributed by atoms with Crippen molar-refractivity contribution in [1.29, 1.82) is 0 Å². The molecule has 0 aliphatic carbocycles. The summed E-state index contributed by atoms with van der Waals surface area (Å²) in [6.07, 6.45) is 6.16. The summed E-state index contributed by atoms with van der Waals surface area (Å²) < 4.78 is 24.9. The summed E-state index contributed by atoms with van der Waals surface area (Å²) in [5.74, 6) is 0.152. The topological polar surface area (TPSA) is 235 Å². The maximum atomic E-state index is 13.8. The Morgan fingerprint density at radius 1 is 0.770 bits per heavy atom. The van der Waals surface area contributed by atoms with Gasteiger partial charge in [-0.15, -0.1) is 0 Å². The van der Waals surface area contributed by atoms with Gasteiger partial charge >= 0.3 is 0 Å². The molecule has 5 heterocycles. The molecule has 0 saturated heterocycles. The first-order valence-corrected chi connectivity index (χ1v) is 20.0. The first-order valence-electron chi connectivity index (χ1n) is 20.0. The molecule has 0 aliphatic rings. The van der Waals surface area contributed by atoms with Gasteiger partial charge in [0.05, 0.1) is 42.1 Å². The second kappa shape index (κ2) is 18.1. The van der Waals surface area contributed by atoms with Crippen LogP contribution in [-0.2, 0) is 37.3 Å². The first-order chi connectivity index (χ1) is 29.5. The van der Waals surface area contributed by atoms with E-state index in [9.17, 15) is 19.5 Å². The van der Waals surface area contributed by atoms with Crippen molar-refractivity contribution in [2.24, 2.45) is 11.5 Å². The molecule has 0 radical (unpaired) electrons. The van der Waals surface area contributed by atoms with Crippen molar-refractivity contribution in [2.75, 3.05) is 33.5 Å². The summed E-state index contributed by atoms with van der Waals surface area (Å²) in [4.78, 5) is 53.5. The number of rotatable bonds is 20. The summed E-state index contributed by atoms with van der Waals surface area (Å²) in [6, 6.07) is 10.1. The number of aryl methyl sites for hydroxylation is 4. The van der Waals surface area contributed by atoms with Crippen LogP contribution in [0.25, 0.3) is 44.5 Å². The first kappa shape index (κ1) is 42.2. The number of carbonyl (C=O) groups is 3. The van der Waals surface area contributed by atoms with E-state index in [0.29, 0.717) is 95.3 Å². The molecule has 0 aliphatic heterocycles. The van der Waals surface area contributed by atoms with E-state index < -0.39 is 11.8 Å². The predicted octanol–water partition coefficient (Wildman–Crippen LogP) is 4.32. The van der Waals surface area contributed by atoms with Gasteiger partial charge in [-0.3, -0.25) is 23.7 Å². The third-order valence-electron chi connectivity index (χ3n) is 10.2. The lowest BCUT2D eigenvalue weighted by atomic mass is 10.1. The zero-order valence-electron chi connectivity index (χ0n) is 34.8. The van der Waals surface area contributed by atoms with Crippen molar-refractivity contribution in [1.82, 2.24) is 43.6 Å². The second-order valence-electron chi connectivity index (χ2n) is 14.4. The number of carbonyl (C=O) groups excluding carboxylic acids is 3. The molecule has 5 N–H and O–H groups in total. The van der Waals surface area contributed by atoms with E-state index in [0.717, 1.165) is 17.1 Å². The number of aromatic nitrogens is 9. The maximum Gasteiger partial charge on any atom is 0.248 e. The molecule has 0 spiro atoms. The molecule has 7 rings (SSSR count). The Labute approximate surface area is 350 Å². The number of aliphatic hydroxyl groups excluding tert-OH is 1. The summed E-state index contributed by atoms with van der Waals surface area (Å²) in [5, 5.41) is 20.1. The molecule has 5 aromatic heterocycles. The van der Waals surface area contributed by atoms with Crippen LogP contribution < -0.4 is 20.9 Å². The van der Waals surface area contributed by atoms with Gasteiger partial charge in [0.15, 0.2) is 11.6 Å². The highest BCUT2D eigenvalue weighted by Crippen LogP contribution is 2.37. The number of ketones is 1. The van der Waals surface area contributed by atoms with Crippen LogP contribution in [-0.4, -0.2) is 99.9 Å². The van der Waals surface area contributed by atoms with Gasteiger partial charge in [0.25, 0.3) is 0 Å². The number of hydrogen-bond donors (Lipinski definition) is 3. The average Bonchev–Trinajstić information content (AvgIpc) is 4.00. The third-order valence-corrected chi connectivity index (χ3v) is 10.2. The predicted molar refractivity (Wildman–Crippen MR) is 228 cm³/mol. The summed E-state index contributed by atoms with van der Waals surface area (Å²) in [7, 11) is 1.62. The summed E-state index contributed by atoms with van der Waals surface area (Å²) >= 11 is 0. The van der Waals surface area contributed by atoms with Gasteiger partial charge in [0.2, 0.25) is 11.8 Å². The molecule has 0 atom stereocenters. The van der Waals surface area contributed by atoms with Crippen molar-refractivity contribution in [3.05, 3.63) is 88.8 Å². The molecule has 7 aromatic rings. The Morgan fingerprint density at radius 2 is 1.43 bits per heavy atom. The van der Waals surface area contributed by atoms with Crippen LogP contribution in [0, 0.1) is 13.8 Å². The van der Waals surface area contributed by atoms with Crippen LogP contribution in [0.2, 0.25) is 0 Å². The highest BCUT2D eigenvalue weighted by molar-refractivity contribution is 6.11. The Balaban J connectivity index is 1.35. The zero-order chi connectivity index (χ0) is 43.4. The molecule has 0 fully saturated rings. The Hall–Kier alpha value is -6.92. The minimum Gasteiger partial charge on any atom is -0.491 e. The van der Waals surface area contributed by atoms with Gasteiger partial charge in [-0.2, -0.15) is 10.2 Å². The number of ether oxygens (including phenoxy) is 3. The number of Topliss-reactive ketones (excluding diaryl/α,β-unsaturated/α-hetero) is 1. The molecule has 0 unspecified atom stereocenters. The second-order valence-corrected chi connectivity index (χ2v) is 14.4. The fraction of sp³-hybridized carbons (Fsp3) is 0.349. The van der Waals surface area contributed by atoms with Gasteiger partial charge in [-0.1, -0.05) is 12.2 Å². The van der Waals surface area contributed by atoms with Crippen molar-refractivity contribution < 1.29 is 33.7 Å². The quantitative estimate of drug-likeness (QED) is 0.0554. The number of methoxy groups -OCH3 is 1. The number of nitrogens with two attached hydrogens (primary N) is 2. The van der Waals surface area contributed by atoms with Gasteiger partial charge < -0.3 is 39.9 Å². The van der Waals surface area contributed by atoms with Crippen molar-refractivity contribution in [2.45, 2.75) is 66.7 Å². The van der Waals surface area contributed by atoms with Crippen LogP contribution in [0.4, 0.5) is 0 Å². The van der Waals surface area contributed by atoms with Crippen LogP contribution in [0.1, 0.15) is 68.7 Å². The highest BCUT2D eigenvalue weighted by Gasteiger charge is 2.24. The molecular formula is C43H49N11O7. The Kier molecular flexibility index (Phi) is 12.6. The van der Waals surface area contributed by atoms with Crippen LogP contribution >= 0.6 is 0 Å². The fourth-order valence-corrected chi connectivity index (χ4v) is 7.49. The summed E-state index contributed by atoms with van der Waals surface area (Å²) in [5.41, 5.74) is 16.9. The van der Waals surface area contributed by atoms with E-state index in [4.69, 9.17) is 40.6 Å². The van der Waals surface area contributed by atoms with Gasteiger partial charge in [0, 0.05) is 74.4 Å². The van der Waals surface area contributed by atoms with Crippen molar-refractivity contribution in [3.63, 3.8) is 0 Å². The number of benzene rings is 2. The monoisotopic (exact) mass is 831 g/mol. The minimum absolute atomic E-state index is 0.0505. The van der Waals surface area contributed by atoms with E-state index in [1.165, 1.54) is 6.07 Å². The van der Waals surface area contributed by atoms with Gasteiger partial charge in [0.1, 0.15) is 46.5 Å². The van der Waals surface area contributed by atoms with Crippen molar-refractivity contribution >= 4 is 50.6 Å². The van der Waals surface area contributed by atoms with Gasteiger partial charge in [-0.25, -0.2) is 15.0 Å². The molecule has 2 aromatic carbocycles. The van der Waals surface area contributed by atoms with Crippen molar-refractivity contribution in [3.8, 4) is 23.0 Å². The molecule has 18 heteroatoms. The summed E-state index contributed by atoms with van der Waals surface area (Å²) in [6.45, 7) is 9.79. The normalized spacial score (nSPS) is 11.8. The minimum atomic E-state index is -0.678. The van der Waals surface area contributed by atoms with E-state index in [-0.39, 0.29) is 48.8 Å². The average molecular weight is 832 g/mol. The zero-order valence-corrected chi connectivity index (χ0v) is 34.8. The number of aliphatic hydroxyl groups is 1. The van der Waals surface area contributed by atoms with Crippen LogP contribution in [0.5, 0.6) is 11.5 Å². The number of hydrogen-bond acceptors (Lipinski definition) is 12. The maximum absolute atomic E-state index is 13.8. The standard InChI is InChI=1S/C43H49N11O7/c1-6-53-32(17-25(3)49-53)34(56)23-37-47-31-20-28(41(45)58)22-36(61-16-13-55)39(31)51(37)11-8-9-12-52-38-29(19-27(40(44)57)21-35(38)60-15-10-14-59-5)30-24-46-42(48-43(30)52)33-18-26(4)50-54(33)7-2/h8-9,17-22,24,55H,6-7,10-16,23H2,1-5H3,(H2,44,57)(H2,45,58)/b9-8+. The Bertz CT molecular complexity index is 2810. The van der Waals surface area contributed by atoms with Crippen LogP contribution in [0.15, 0.2) is 54.7 Å². The molecule has 0 saturated carbocycles. The van der Waals surface area contributed by atoms with Crippen LogP contribution in [0.3, 0.4) is 0 Å². The third kappa shape index (κ3) is 8.58. The lowest BCUT2D eigenvalue weighted by molar-refractivity contribution is 0.0975. The molecule has 18 nitrogen and oxygen atoms in total. The highest BCUT2D eigenvalue weighted by atomic mass is 16.5. The van der Waals surface area contributed by atoms with E-state index in [1.807, 2.05) is 59.7 Å². The van der Waals surface area contributed by atoms with Gasteiger partial charge in [-0.05, 0) is 64.1 Å². The van der Waals surface area contributed by atoms with E-state index in [1.54, 1.807) is 42.3 Å². The number of allylic oxidation sites excluding steroid dienone is 2. The van der Waals surface area contributed by atoms with E-state index in [2.05, 4.69) is 10.2 Å². The Morgan fingerprint density at radius 3 is 2.11 bits per heavy atom.